The predicted octanol–water partition coefficient (Wildman–Crippen LogP) is 3.26. The summed E-state index contributed by atoms with van der Waals surface area (Å²) in [5.74, 6) is 0.898. The summed E-state index contributed by atoms with van der Waals surface area (Å²) in [7, 11) is 3.64. The number of hydrogen-bond donors (Lipinski definition) is 1. The van der Waals surface area contributed by atoms with Crippen molar-refractivity contribution in [2.45, 2.75) is 26.6 Å². The molecule has 0 unspecified atom stereocenters. The van der Waals surface area contributed by atoms with Crippen LogP contribution in [0, 0.1) is 6.92 Å². The van der Waals surface area contributed by atoms with Gasteiger partial charge in [-0.15, -0.1) is 11.3 Å². The van der Waals surface area contributed by atoms with Gasteiger partial charge in [-0.1, -0.05) is 12.1 Å². The van der Waals surface area contributed by atoms with Gasteiger partial charge in [0, 0.05) is 25.5 Å². The molecule has 0 aliphatic heterocycles. The first-order valence-corrected chi connectivity index (χ1v) is 8.22. The number of aryl methyl sites for hydroxylation is 1. The van der Waals surface area contributed by atoms with Crippen LogP contribution in [-0.2, 0) is 13.1 Å². The molecule has 0 amide bonds. The van der Waals surface area contributed by atoms with Gasteiger partial charge in [-0.3, -0.25) is 4.99 Å². The highest BCUT2D eigenvalue weighted by Gasteiger charge is 2.09. The van der Waals surface area contributed by atoms with E-state index in [1.165, 1.54) is 12.1 Å². The molecule has 5 nitrogen and oxygen atoms in total. The zero-order valence-corrected chi connectivity index (χ0v) is 14.6. The molecule has 0 aliphatic carbocycles. The van der Waals surface area contributed by atoms with Crippen LogP contribution in [0.1, 0.15) is 16.1 Å². The first-order valence-electron chi connectivity index (χ1n) is 7.34. The number of halogens is 2. The van der Waals surface area contributed by atoms with E-state index in [1.807, 2.05) is 24.4 Å². The normalized spacial score (nSPS) is 11.7. The van der Waals surface area contributed by atoms with Crippen LogP contribution in [0.4, 0.5) is 8.78 Å². The monoisotopic (exact) mass is 354 g/mol. The lowest BCUT2D eigenvalue weighted by Gasteiger charge is -2.22. The third kappa shape index (κ3) is 5.16. The second kappa shape index (κ2) is 8.58. The van der Waals surface area contributed by atoms with Crippen LogP contribution in [-0.4, -0.2) is 36.6 Å². The van der Waals surface area contributed by atoms with E-state index in [4.69, 9.17) is 0 Å². The quantitative estimate of drug-likeness (QED) is 0.639. The molecule has 0 aliphatic rings. The Morgan fingerprint density at radius 2 is 2.08 bits per heavy atom. The van der Waals surface area contributed by atoms with Crippen LogP contribution >= 0.6 is 11.3 Å². The van der Waals surface area contributed by atoms with Gasteiger partial charge in [-0.05, 0) is 24.6 Å². The molecule has 0 spiro atoms. The van der Waals surface area contributed by atoms with E-state index in [0.717, 1.165) is 22.1 Å². The lowest BCUT2D eigenvalue weighted by Crippen LogP contribution is -2.38. The number of nitrogens with zero attached hydrogens (tertiary/aromatic N) is 3. The third-order valence-corrected chi connectivity index (χ3v) is 4.33. The Morgan fingerprint density at radius 1 is 1.38 bits per heavy atom. The SMILES string of the molecule is CN=C(NCc1scnc1C)N(C)Cc1ccc(OC(F)F)cc1. The van der Waals surface area contributed by atoms with Gasteiger partial charge in [-0.2, -0.15) is 8.78 Å². The number of rotatable bonds is 6. The molecule has 1 N–H and O–H groups in total. The molecule has 1 heterocycles. The Bertz CT molecular complexity index is 673. The minimum absolute atomic E-state index is 0.152. The van der Waals surface area contributed by atoms with E-state index < -0.39 is 6.61 Å². The first-order chi connectivity index (χ1) is 11.5. The van der Waals surface area contributed by atoms with Crippen molar-refractivity contribution in [2.75, 3.05) is 14.1 Å². The number of nitrogens with one attached hydrogen (secondary N) is 1. The Labute approximate surface area is 144 Å². The highest BCUT2D eigenvalue weighted by molar-refractivity contribution is 7.09. The van der Waals surface area contributed by atoms with Gasteiger partial charge in [0.15, 0.2) is 5.96 Å². The summed E-state index contributed by atoms with van der Waals surface area (Å²) >= 11 is 1.60. The molecule has 8 heteroatoms. The second-order valence-corrected chi connectivity index (χ2v) is 6.08. The number of hydrogen-bond acceptors (Lipinski definition) is 4. The highest BCUT2D eigenvalue weighted by Crippen LogP contribution is 2.16. The maximum atomic E-state index is 12.2. The Hall–Kier alpha value is -2.22. The van der Waals surface area contributed by atoms with Crippen LogP contribution in [0.25, 0.3) is 0 Å². The van der Waals surface area contributed by atoms with Gasteiger partial charge in [0.2, 0.25) is 0 Å². The van der Waals surface area contributed by atoms with Crippen molar-refractivity contribution < 1.29 is 13.5 Å². The summed E-state index contributed by atoms with van der Waals surface area (Å²) in [4.78, 5) is 11.6. The predicted molar refractivity (Wildman–Crippen MR) is 91.6 cm³/mol. The van der Waals surface area contributed by atoms with Crippen molar-refractivity contribution in [3.63, 3.8) is 0 Å². The van der Waals surface area contributed by atoms with Gasteiger partial charge in [0.25, 0.3) is 0 Å². The second-order valence-electron chi connectivity index (χ2n) is 5.14. The topological polar surface area (TPSA) is 49.8 Å². The number of thiazole rings is 1. The Balaban J connectivity index is 1.91. The minimum atomic E-state index is -2.81. The number of ether oxygens (including phenoxy) is 1. The molecule has 0 atom stereocenters. The smallest absolute Gasteiger partial charge is 0.387 e. The van der Waals surface area contributed by atoms with Crippen molar-refractivity contribution in [3.8, 4) is 5.75 Å². The summed E-state index contributed by atoms with van der Waals surface area (Å²) in [5.41, 5.74) is 3.80. The molecular formula is C16H20F2N4OS. The maximum absolute atomic E-state index is 12.2. The zero-order valence-electron chi connectivity index (χ0n) is 13.8. The van der Waals surface area contributed by atoms with Gasteiger partial charge >= 0.3 is 6.61 Å². The van der Waals surface area contributed by atoms with Gasteiger partial charge in [-0.25, -0.2) is 4.98 Å². The van der Waals surface area contributed by atoms with E-state index in [0.29, 0.717) is 13.1 Å². The fraction of sp³-hybridized carbons (Fsp3) is 0.375. The summed E-state index contributed by atoms with van der Waals surface area (Å²) in [6.07, 6.45) is 0. The van der Waals surface area contributed by atoms with Crippen LogP contribution in [0.5, 0.6) is 5.75 Å². The number of aliphatic imine (C=N–C) groups is 1. The molecule has 2 rings (SSSR count). The lowest BCUT2D eigenvalue weighted by molar-refractivity contribution is -0.0498. The standard InChI is InChI=1S/C16H20F2N4OS/c1-11-14(24-10-21-11)8-20-16(19-2)22(3)9-12-4-6-13(7-5-12)23-15(17)18/h4-7,10,15H,8-9H2,1-3H3,(H,19,20). The first kappa shape index (κ1) is 18.1. The molecule has 130 valence electrons. The molecule has 1 aromatic heterocycles. The van der Waals surface area contributed by atoms with Crippen LogP contribution in [0.3, 0.4) is 0 Å². The number of aromatic nitrogens is 1. The fourth-order valence-corrected chi connectivity index (χ4v) is 2.88. The highest BCUT2D eigenvalue weighted by atomic mass is 32.1. The summed E-state index contributed by atoms with van der Waals surface area (Å²) in [5, 5.41) is 3.29. The van der Waals surface area contributed by atoms with E-state index in [9.17, 15) is 8.78 Å². The van der Waals surface area contributed by atoms with Gasteiger partial charge in [0.05, 0.1) is 17.7 Å². The zero-order chi connectivity index (χ0) is 17.5. The molecule has 0 fully saturated rings. The van der Waals surface area contributed by atoms with Crippen LogP contribution in [0.15, 0.2) is 34.8 Å². The van der Waals surface area contributed by atoms with E-state index in [2.05, 4.69) is 20.0 Å². The third-order valence-electron chi connectivity index (χ3n) is 3.39. The van der Waals surface area contributed by atoms with Crippen molar-refractivity contribution in [2.24, 2.45) is 4.99 Å². The molecule has 0 saturated heterocycles. The lowest BCUT2D eigenvalue weighted by atomic mass is 10.2. The number of guanidine groups is 1. The van der Waals surface area contributed by atoms with Gasteiger partial charge in [0.1, 0.15) is 5.75 Å². The molecule has 1 aromatic carbocycles. The van der Waals surface area contributed by atoms with Crippen molar-refractivity contribution in [1.82, 2.24) is 15.2 Å². The van der Waals surface area contributed by atoms with Crippen LogP contribution in [0.2, 0.25) is 0 Å². The number of alkyl halides is 2. The summed E-state index contributed by atoms with van der Waals surface area (Å²) in [6.45, 7) is 0.422. The number of benzene rings is 1. The molecule has 0 radical (unpaired) electrons. The summed E-state index contributed by atoms with van der Waals surface area (Å²) in [6, 6.07) is 6.59. The van der Waals surface area contributed by atoms with Crippen molar-refractivity contribution >= 4 is 17.3 Å². The summed E-state index contributed by atoms with van der Waals surface area (Å²) < 4.78 is 28.7. The molecule has 0 bridgehead atoms. The largest absolute Gasteiger partial charge is 0.435 e. The Morgan fingerprint density at radius 3 is 2.62 bits per heavy atom. The molecular weight excluding hydrogens is 334 g/mol. The average molecular weight is 354 g/mol. The van der Waals surface area contributed by atoms with Crippen molar-refractivity contribution in [3.05, 3.63) is 45.9 Å². The maximum Gasteiger partial charge on any atom is 0.387 e. The molecule has 24 heavy (non-hydrogen) atoms. The Kier molecular flexibility index (Phi) is 6.48. The van der Waals surface area contributed by atoms with Crippen molar-refractivity contribution in [1.29, 1.82) is 0 Å². The van der Waals surface area contributed by atoms with E-state index >= 15 is 0 Å². The molecule has 2 aromatic rings. The van der Waals surface area contributed by atoms with E-state index in [-0.39, 0.29) is 5.75 Å². The minimum Gasteiger partial charge on any atom is -0.435 e. The van der Waals surface area contributed by atoms with E-state index in [1.54, 1.807) is 30.5 Å². The van der Waals surface area contributed by atoms with Gasteiger partial charge < -0.3 is 15.0 Å². The molecule has 0 saturated carbocycles. The average Bonchev–Trinajstić information content (AvgIpc) is 2.95. The van der Waals surface area contributed by atoms with Crippen LogP contribution < -0.4 is 10.1 Å². The fourth-order valence-electron chi connectivity index (χ4n) is 2.16.